The van der Waals surface area contributed by atoms with E-state index in [4.69, 9.17) is 14.2 Å². The molecule has 0 saturated carbocycles. The molecule has 3 aromatic carbocycles. The number of carbonyl (C=O) groups is 1. The van der Waals surface area contributed by atoms with Gasteiger partial charge in [-0.2, -0.15) is 0 Å². The van der Waals surface area contributed by atoms with Gasteiger partial charge in [0.25, 0.3) is 0 Å². The molecular formula is C26H28N2O4. The first-order chi connectivity index (χ1) is 15.7. The molecule has 0 aliphatic carbocycles. The van der Waals surface area contributed by atoms with Gasteiger partial charge in [0.2, 0.25) is 5.91 Å². The van der Waals surface area contributed by atoms with E-state index in [0.717, 1.165) is 42.2 Å². The number of carbonyl (C=O) groups excluding carboxylic acids is 1. The van der Waals surface area contributed by atoms with Crippen LogP contribution in [0.5, 0.6) is 11.5 Å². The van der Waals surface area contributed by atoms with E-state index >= 15 is 0 Å². The number of nitrogens with one attached hydrogen (secondary N) is 2. The van der Waals surface area contributed by atoms with Crippen LogP contribution in [0.4, 0.5) is 11.4 Å². The molecule has 6 nitrogen and oxygen atoms in total. The lowest BCUT2D eigenvalue weighted by Crippen LogP contribution is -2.21. The van der Waals surface area contributed by atoms with Crippen LogP contribution in [-0.4, -0.2) is 31.8 Å². The fourth-order valence-electron chi connectivity index (χ4n) is 3.45. The quantitative estimate of drug-likeness (QED) is 0.478. The monoisotopic (exact) mass is 432 g/mol. The van der Waals surface area contributed by atoms with Crippen LogP contribution in [0.25, 0.3) is 0 Å². The van der Waals surface area contributed by atoms with Crippen LogP contribution in [-0.2, 0) is 16.1 Å². The molecule has 1 aliphatic rings. The van der Waals surface area contributed by atoms with Crippen molar-refractivity contribution in [2.45, 2.75) is 25.6 Å². The van der Waals surface area contributed by atoms with Crippen molar-refractivity contribution < 1.29 is 19.0 Å². The molecule has 1 saturated heterocycles. The second-order valence-electron chi connectivity index (χ2n) is 7.68. The van der Waals surface area contributed by atoms with Crippen LogP contribution in [0.1, 0.15) is 18.4 Å². The molecule has 32 heavy (non-hydrogen) atoms. The fourth-order valence-corrected chi connectivity index (χ4v) is 3.45. The summed E-state index contributed by atoms with van der Waals surface area (Å²) in [4.78, 5) is 12.4. The second-order valence-corrected chi connectivity index (χ2v) is 7.68. The lowest BCUT2D eigenvalue weighted by Gasteiger charge is -2.13. The summed E-state index contributed by atoms with van der Waals surface area (Å²) in [6.45, 7) is 1.97. The fraction of sp³-hybridized carbons (Fsp3) is 0.269. The molecule has 1 atom stereocenters. The third kappa shape index (κ3) is 6.75. The SMILES string of the molecule is O=C(CNc1cccc(OCc2ccccc2)c1)Nc1cccc(OCC2CCCO2)c1. The summed E-state index contributed by atoms with van der Waals surface area (Å²) in [5.74, 6) is 1.32. The lowest BCUT2D eigenvalue weighted by molar-refractivity contribution is -0.114. The molecule has 0 radical (unpaired) electrons. The normalized spacial score (nSPS) is 15.2. The summed E-state index contributed by atoms with van der Waals surface area (Å²) in [7, 11) is 0. The Morgan fingerprint density at radius 2 is 1.66 bits per heavy atom. The van der Waals surface area contributed by atoms with Crippen LogP contribution in [0, 0.1) is 0 Å². The maximum absolute atomic E-state index is 12.4. The van der Waals surface area contributed by atoms with Gasteiger partial charge < -0.3 is 24.8 Å². The summed E-state index contributed by atoms with van der Waals surface area (Å²) in [5, 5.41) is 6.04. The first kappa shape index (κ1) is 21.7. The summed E-state index contributed by atoms with van der Waals surface area (Å²) in [6, 6.07) is 25.0. The van der Waals surface area contributed by atoms with Gasteiger partial charge >= 0.3 is 0 Å². The van der Waals surface area contributed by atoms with Crippen molar-refractivity contribution in [1.82, 2.24) is 0 Å². The van der Waals surface area contributed by atoms with E-state index in [-0.39, 0.29) is 18.6 Å². The van der Waals surface area contributed by atoms with Crippen molar-refractivity contribution in [3.8, 4) is 11.5 Å². The number of hydrogen-bond donors (Lipinski definition) is 2. The number of anilines is 2. The van der Waals surface area contributed by atoms with Gasteiger partial charge in [0.05, 0.1) is 12.6 Å². The molecule has 0 bridgehead atoms. The number of ether oxygens (including phenoxy) is 3. The molecule has 1 aliphatic heterocycles. The highest BCUT2D eigenvalue weighted by Gasteiger charge is 2.16. The molecular weight excluding hydrogens is 404 g/mol. The predicted molar refractivity (Wildman–Crippen MR) is 125 cm³/mol. The summed E-state index contributed by atoms with van der Waals surface area (Å²) in [6.07, 6.45) is 2.27. The third-order valence-corrected chi connectivity index (χ3v) is 5.11. The molecule has 0 spiro atoms. The van der Waals surface area contributed by atoms with Crippen molar-refractivity contribution in [2.24, 2.45) is 0 Å². The van der Waals surface area contributed by atoms with E-state index in [9.17, 15) is 4.79 Å². The van der Waals surface area contributed by atoms with Crippen LogP contribution in [0.2, 0.25) is 0 Å². The molecule has 3 aromatic rings. The van der Waals surface area contributed by atoms with Crippen molar-refractivity contribution >= 4 is 17.3 Å². The number of benzene rings is 3. The van der Waals surface area contributed by atoms with Gasteiger partial charge in [-0.3, -0.25) is 4.79 Å². The molecule has 166 valence electrons. The molecule has 1 unspecified atom stereocenters. The molecule has 1 amide bonds. The van der Waals surface area contributed by atoms with Crippen molar-refractivity contribution in [3.05, 3.63) is 84.4 Å². The van der Waals surface area contributed by atoms with E-state index in [1.807, 2.05) is 78.9 Å². The van der Waals surface area contributed by atoms with Crippen LogP contribution >= 0.6 is 0 Å². The van der Waals surface area contributed by atoms with Crippen LogP contribution in [0.15, 0.2) is 78.9 Å². The molecule has 0 aromatic heterocycles. The van der Waals surface area contributed by atoms with Crippen molar-refractivity contribution in [1.29, 1.82) is 0 Å². The van der Waals surface area contributed by atoms with Gasteiger partial charge in [0.15, 0.2) is 0 Å². The first-order valence-corrected chi connectivity index (χ1v) is 10.9. The summed E-state index contributed by atoms with van der Waals surface area (Å²) >= 11 is 0. The number of amides is 1. The predicted octanol–water partition coefficient (Wildman–Crippen LogP) is 4.87. The summed E-state index contributed by atoms with van der Waals surface area (Å²) < 4.78 is 17.2. The molecule has 1 fully saturated rings. The van der Waals surface area contributed by atoms with E-state index in [0.29, 0.717) is 18.9 Å². The second kappa shape index (κ2) is 11.2. The van der Waals surface area contributed by atoms with Crippen LogP contribution < -0.4 is 20.1 Å². The Labute approximate surface area is 188 Å². The highest BCUT2D eigenvalue weighted by atomic mass is 16.5. The van der Waals surface area contributed by atoms with Crippen molar-refractivity contribution in [3.63, 3.8) is 0 Å². The number of hydrogen-bond acceptors (Lipinski definition) is 5. The lowest BCUT2D eigenvalue weighted by atomic mass is 10.2. The minimum absolute atomic E-state index is 0.142. The standard InChI is InChI=1S/C26H28N2O4/c29-26(28-22-10-5-12-24(16-22)32-19-25-13-6-14-30-25)17-27-21-9-4-11-23(15-21)31-18-20-7-2-1-3-8-20/h1-5,7-12,15-16,25,27H,6,13-14,17-19H2,(H,28,29). The van der Waals surface area contributed by atoms with Gasteiger partial charge in [0.1, 0.15) is 24.7 Å². The smallest absolute Gasteiger partial charge is 0.243 e. The molecule has 6 heteroatoms. The van der Waals surface area contributed by atoms with E-state index in [1.165, 1.54) is 0 Å². The number of rotatable bonds is 10. The Morgan fingerprint density at radius 3 is 2.44 bits per heavy atom. The Bertz CT molecular complexity index is 1000. The Morgan fingerprint density at radius 1 is 0.906 bits per heavy atom. The topological polar surface area (TPSA) is 68.8 Å². The maximum atomic E-state index is 12.4. The third-order valence-electron chi connectivity index (χ3n) is 5.11. The first-order valence-electron chi connectivity index (χ1n) is 10.9. The highest BCUT2D eigenvalue weighted by molar-refractivity contribution is 5.93. The van der Waals surface area contributed by atoms with Crippen LogP contribution in [0.3, 0.4) is 0 Å². The molecule has 2 N–H and O–H groups in total. The minimum atomic E-state index is -0.142. The van der Waals surface area contributed by atoms with Gasteiger partial charge in [0, 0.05) is 30.1 Å². The molecule has 4 rings (SSSR count). The van der Waals surface area contributed by atoms with Gasteiger partial charge in [-0.05, 0) is 42.7 Å². The largest absolute Gasteiger partial charge is 0.491 e. The Hall–Kier alpha value is -3.51. The van der Waals surface area contributed by atoms with Gasteiger partial charge in [-0.15, -0.1) is 0 Å². The van der Waals surface area contributed by atoms with Crippen molar-refractivity contribution in [2.75, 3.05) is 30.4 Å². The summed E-state index contributed by atoms with van der Waals surface area (Å²) in [5.41, 5.74) is 2.62. The Kier molecular flexibility index (Phi) is 7.60. The average Bonchev–Trinajstić information content (AvgIpc) is 3.35. The zero-order chi connectivity index (χ0) is 22.0. The van der Waals surface area contributed by atoms with Gasteiger partial charge in [-0.25, -0.2) is 0 Å². The Balaban J connectivity index is 1.23. The van der Waals surface area contributed by atoms with E-state index < -0.39 is 0 Å². The van der Waals surface area contributed by atoms with E-state index in [1.54, 1.807) is 0 Å². The van der Waals surface area contributed by atoms with E-state index in [2.05, 4.69) is 10.6 Å². The highest BCUT2D eigenvalue weighted by Crippen LogP contribution is 2.21. The maximum Gasteiger partial charge on any atom is 0.243 e. The molecule has 1 heterocycles. The zero-order valence-corrected chi connectivity index (χ0v) is 18.0. The minimum Gasteiger partial charge on any atom is -0.491 e. The van der Waals surface area contributed by atoms with Gasteiger partial charge in [-0.1, -0.05) is 42.5 Å². The average molecular weight is 433 g/mol. The zero-order valence-electron chi connectivity index (χ0n) is 18.0.